The molecule has 2 aromatic rings. The smallest absolute Gasteiger partial charge is 0.152 e. The van der Waals surface area contributed by atoms with E-state index in [1.807, 2.05) is 12.3 Å². The summed E-state index contributed by atoms with van der Waals surface area (Å²) in [6, 6.07) is 0. The van der Waals surface area contributed by atoms with E-state index in [4.69, 9.17) is 5.11 Å². The second-order valence-electron chi connectivity index (χ2n) is 2.58. The van der Waals surface area contributed by atoms with E-state index in [2.05, 4.69) is 9.97 Å². The molecule has 13 heavy (non-hydrogen) atoms. The molecule has 0 aliphatic carbocycles. The summed E-state index contributed by atoms with van der Waals surface area (Å²) in [4.78, 5) is 9.37. The monoisotopic (exact) mass is 212 g/mol. The molecule has 0 aliphatic rings. The van der Waals surface area contributed by atoms with Gasteiger partial charge >= 0.3 is 0 Å². The van der Waals surface area contributed by atoms with Crippen LogP contribution in [0.5, 0.6) is 0 Å². The molecule has 2 aromatic heterocycles. The molecule has 0 saturated carbocycles. The predicted octanol–water partition coefficient (Wildman–Crippen LogP) is 2.07. The Balaban J connectivity index is 2.35. The zero-order valence-corrected chi connectivity index (χ0v) is 8.65. The number of aryl methyl sites for hydroxylation is 1. The van der Waals surface area contributed by atoms with E-state index in [0.29, 0.717) is 0 Å². The quantitative estimate of drug-likeness (QED) is 0.829. The molecule has 0 saturated heterocycles. The number of nitrogens with zero attached hydrogens (tertiary/aromatic N) is 2. The summed E-state index contributed by atoms with van der Waals surface area (Å²) in [6.07, 6.45) is 1.69. The van der Waals surface area contributed by atoms with Crippen molar-refractivity contribution in [1.82, 2.24) is 9.97 Å². The minimum atomic E-state index is 0.0576. The minimum absolute atomic E-state index is 0.0576. The van der Waals surface area contributed by atoms with Gasteiger partial charge in [0, 0.05) is 17.3 Å². The van der Waals surface area contributed by atoms with Gasteiger partial charge in [0.25, 0.3) is 0 Å². The van der Waals surface area contributed by atoms with E-state index in [0.717, 1.165) is 20.6 Å². The average Bonchev–Trinajstić information content (AvgIpc) is 2.71. The lowest BCUT2D eigenvalue weighted by Gasteiger charge is -1.85. The van der Waals surface area contributed by atoms with Gasteiger partial charge in [-0.2, -0.15) is 0 Å². The Morgan fingerprint density at radius 3 is 2.85 bits per heavy atom. The first kappa shape index (κ1) is 8.80. The van der Waals surface area contributed by atoms with Crippen LogP contribution in [0.25, 0.3) is 10.0 Å². The molecule has 0 unspecified atom stereocenters. The van der Waals surface area contributed by atoms with Crippen molar-refractivity contribution in [3.63, 3.8) is 0 Å². The normalized spacial score (nSPS) is 10.6. The van der Waals surface area contributed by atoms with Crippen LogP contribution in [0.15, 0.2) is 11.6 Å². The van der Waals surface area contributed by atoms with Gasteiger partial charge in [-0.1, -0.05) is 0 Å². The Hall–Kier alpha value is -0.780. The molecule has 0 spiro atoms. The zero-order valence-electron chi connectivity index (χ0n) is 7.02. The predicted molar refractivity (Wildman–Crippen MR) is 53.9 cm³/mol. The van der Waals surface area contributed by atoms with Crippen LogP contribution in [0.4, 0.5) is 0 Å². The first-order chi connectivity index (χ1) is 6.29. The highest BCUT2D eigenvalue weighted by Crippen LogP contribution is 2.27. The van der Waals surface area contributed by atoms with E-state index in [-0.39, 0.29) is 6.61 Å². The molecule has 0 aromatic carbocycles. The standard InChI is InChI=1S/C8H8N2OS2/c1-5-4-12-8(10-5)7-9-2-6(3-11)13-7/h2,4,11H,3H2,1H3. The number of aliphatic hydroxyl groups excluding tert-OH is 1. The number of aromatic nitrogens is 2. The number of aliphatic hydroxyl groups is 1. The third kappa shape index (κ3) is 1.77. The van der Waals surface area contributed by atoms with E-state index in [1.165, 1.54) is 11.3 Å². The van der Waals surface area contributed by atoms with E-state index < -0.39 is 0 Å². The molecule has 0 atom stereocenters. The Labute approximate surface area is 83.7 Å². The van der Waals surface area contributed by atoms with Gasteiger partial charge in [-0.25, -0.2) is 9.97 Å². The maximum atomic E-state index is 8.86. The zero-order chi connectivity index (χ0) is 9.26. The molecule has 1 N–H and O–H groups in total. The lowest BCUT2D eigenvalue weighted by molar-refractivity contribution is 0.285. The van der Waals surface area contributed by atoms with Crippen molar-refractivity contribution in [1.29, 1.82) is 0 Å². The van der Waals surface area contributed by atoms with Crippen molar-refractivity contribution in [2.24, 2.45) is 0 Å². The van der Waals surface area contributed by atoms with Crippen molar-refractivity contribution in [2.75, 3.05) is 0 Å². The molecule has 0 aliphatic heterocycles. The number of hydrogen-bond acceptors (Lipinski definition) is 5. The Morgan fingerprint density at radius 1 is 1.46 bits per heavy atom. The van der Waals surface area contributed by atoms with Crippen LogP contribution in [-0.4, -0.2) is 15.1 Å². The second kappa shape index (κ2) is 3.53. The fourth-order valence-corrected chi connectivity index (χ4v) is 2.54. The summed E-state index contributed by atoms with van der Waals surface area (Å²) in [6.45, 7) is 2.02. The molecule has 68 valence electrons. The van der Waals surface area contributed by atoms with Gasteiger partial charge in [-0.3, -0.25) is 0 Å². The molecule has 0 bridgehead atoms. The van der Waals surface area contributed by atoms with Crippen LogP contribution in [0.2, 0.25) is 0 Å². The van der Waals surface area contributed by atoms with Crippen LogP contribution < -0.4 is 0 Å². The molecule has 0 radical (unpaired) electrons. The van der Waals surface area contributed by atoms with Crippen LogP contribution in [-0.2, 0) is 6.61 Å². The van der Waals surface area contributed by atoms with Crippen LogP contribution >= 0.6 is 22.7 Å². The molecule has 3 nitrogen and oxygen atoms in total. The van der Waals surface area contributed by atoms with Crippen molar-refractivity contribution in [2.45, 2.75) is 13.5 Å². The number of thiazole rings is 2. The molecular weight excluding hydrogens is 204 g/mol. The van der Waals surface area contributed by atoms with Gasteiger partial charge in [0.15, 0.2) is 10.0 Å². The van der Waals surface area contributed by atoms with Gasteiger partial charge in [0.2, 0.25) is 0 Å². The van der Waals surface area contributed by atoms with Crippen LogP contribution in [0, 0.1) is 6.92 Å². The van der Waals surface area contributed by atoms with Crippen LogP contribution in [0.3, 0.4) is 0 Å². The highest BCUT2D eigenvalue weighted by atomic mass is 32.1. The lowest BCUT2D eigenvalue weighted by atomic mass is 10.6. The molecular formula is C8H8N2OS2. The van der Waals surface area contributed by atoms with Crippen molar-refractivity contribution in [3.05, 3.63) is 22.1 Å². The van der Waals surface area contributed by atoms with E-state index >= 15 is 0 Å². The fraction of sp³-hybridized carbons (Fsp3) is 0.250. The number of hydrogen-bond donors (Lipinski definition) is 1. The second-order valence-corrected chi connectivity index (χ2v) is 4.56. The topological polar surface area (TPSA) is 46.0 Å². The van der Waals surface area contributed by atoms with Gasteiger partial charge < -0.3 is 5.11 Å². The highest BCUT2D eigenvalue weighted by Gasteiger charge is 2.07. The van der Waals surface area contributed by atoms with E-state index in [9.17, 15) is 0 Å². The Morgan fingerprint density at radius 2 is 2.31 bits per heavy atom. The van der Waals surface area contributed by atoms with Crippen molar-refractivity contribution >= 4 is 22.7 Å². The third-order valence-corrected chi connectivity index (χ3v) is 3.60. The van der Waals surface area contributed by atoms with Crippen LogP contribution in [0.1, 0.15) is 10.6 Å². The van der Waals surface area contributed by atoms with Gasteiger partial charge in [-0.05, 0) is 6.92 Å². The van der Waals surface area contributed by atoms with Crippen molar-refractivity contribution < 1.29 is 5.11 Å². The summed E-state index contributed by atoms with van der Waals surface area (Å²) in [5, 5.41) is 12.7. The van der Waals surface area contributed by atoms with E-state index in [1.54, 1.807) is 17.5 Å². The average molecular weight is 212 g/mol. The first-order valence-corrected chi connectivity index (χ1v) is 5.47. The summed E-state index contributed by atoms with van der Waals surface area (Å²) >= 11 is 3.07. The molecule has 0 amide bonds. The first-order valence-electron chi connectivity index (χ1n) is 3.77. The Bertz CT molecular complexity index is 408. The summed E-state index contributed by atoms with van der Waals surface area (Å²) in [7, 11) is 0. The van der Waals surface area contributed by atoms with Gasteiger partial charge in [0.1, 0.15) is 0 Å². The molecule has 2 heterocycles. The third-order valence-electron chi connectivity index (χ3n) is 1.51. The minimum Gasteiger partial charge on any atom is -0.391 e. The van der Waals surface area contributed by atoms with Gasteiger partial charge in [0.05, 0.1) is 11.5 Å². The number of rotatable bonds is 2. The molecule has 2 rings (SSSR count). The summed E-state index contributed by atoms with van der Waals surface area (Å²) < 4.78 is 0. The Kier molecular flexibility index (Phi) is 2.39. The summed E-state index contributed by atoms with van der Waals surface area (Å²) in [5.74, 6) is 0. The maximum Gasteiger partial charge on any atom is 0.152 e. The highest BCUT2D eigenvalue weighted by molar-refractivity contribution is 7.20. The fourth-order valence-electron chi connectivity index (χ4n) is 0.932. The summed E-state index contributed by atoms with van der Waals surface area (Å²) in [5.41, 5.74) is 1.01. The largest absolute Gasteiger partial charge is 0.391 e. The van der Waals surface area contributed by atoms with Crippen molar-refractivity contribution in [3.8, 4) is 10.0 Å². The SMILES string of the molecule is Cc1csc(-c2ncc(CO)s2)n1. The molecule has 5 heteroatoms. The maximum absolute atomic E-state index is 8.86. The van der Waals surface area contributed by atoms with Gasteiger partial charge in [-0.15, -0.1) is 22.7 Å². The molecule has 0 fully saturated rings. The lowest BCUT2D eigenvalue weighted by Crippen LogP contribution is -1.73.